The third-order valence-corrected chi connectivity index (χ3v) is 11.8. The summed E-state index contributed by atoms with van der Waals surface area (Å²) in [5, 5.41) is 26.5. The molecule has 0 bridgehead atoms. The van der Waals surface area contributed by atoms with Gasteiger partial charge < -0.3 is 19.3 Å². The van der Waals surface area contributed by atoms with Crippen LogP contribution in [0.1, 0.15) is 41.6 Å². The summed E-state index contributed by atoms with van der Waals surface area (Å²) < 4.78 is 5.83. The number of nitrogens with zero attached hydrogens (tertiary/aromatic N) is 5. The number of hydrogen-bond donors (Lipinski definition) is 1. The Bertz CT molecular complexity index is 2460. The molecule has 0 spiro atoms. The minimum Gasteiger partial charge on any atom is -0.477 e. The highest BCUT2D eigenvalue weighted by molar-refractivity contribution is 7.23. The van der Waals surface area contributed by atoms with Gasteiger partial charge in [0.05, 0.1) is 27.9 Å². The molecular formula is C42H37N5O4S2. The van der Waals surface area contributed by atoms with Crippen LogP contribution in [0.15, 0.2) is 117 Å². The highest BCUT2D eigenvalue weighted by atomic mass is 32.1. The number of nitriles is 1. The second-order valence-electron chi connectivity index (χ2n) is 12.8. The van der Waals surface area contributed by atoms with Gasteiger partial charge in [-0.05, 0) is 97.8 Å². The van der Waals surface area contributed by atoms with Gasteiger partial charge in [-0.3, -0.25) is 5.01 Å². The molecule has 3 aromatic carbocycles. The van der Waals surface area contributed by atoms with E-state index < -0.39 is 5.97 Å². The highest BCUT2D eigenvalue weighted by Crippen LogP contribution is 2.41. The highest BCUT2D eigenvalue weighted by Gasteiger charge is 2.31. The minimum atomic E-state index is -1.24. The summed E-state index contributed by atoms with van der Waals surface area (Å²) in [5.74, 6) is -1.24. The first-order valence-electron chi connectivity index (χ1n) is 17.3. The zero-order valence-corrected chi connectivity index (χ0v) is 31.4. The smallest absolute Gasteiger partial charge is 0.346 e. The second-order valence-corrected chi connectivity index (χ2v) is 15.0. The Morgan fingerprint density at radius 2 is 1.60 bits per heavy atom. The van der Waals surface area contributed by atoms with Gasteiger partial charge in [0.2, 0.25) is 0 Å². The van der Waals surface area contributed by atoms with E-state index in [4.69, 9.17) is 14.8 Å². The molecule has 0 amide bonds. The van der Waals surface area contributed by atoms with Crippen LogP contribution >= 0.6 is 22.7 Å². The molecule has 0 saturated carbocycles. The summed E-state index contributed by atoms with van der Waals surface area (Å²) in [5.41, 5.74) is 6.30. The molecule has 0 aliphatic carbocycles. The van der Waals surface area contributed by atoms with Crippen LogP contribution in [-0.4, -0.2) is 44.0 Å². The largest absolute Gasteiger partial charge is 0.477 e. The molecule has 3 aromatic heterocycles. The van der Waals surface area contributed by atoms with E-state index in [9.17, 15) is 14.7 Å². The fraction of sp³-hybridized carbons (Fsp3) is 0.190. The van der Waals surface area contributed by atoms with Gasteiger partial charge in [-0.2, -0.15) is 10.4 Å². The molecule has 0 radical (unpaired) electrons. The average molecular weight is 740 g/mol. The van der Waals surface area contributed by atoms with Crippen LogP contribution in [0.4, 0.5) is 17.1 Å². The van der Waals surface area contributed by atoms with Crippen molar-refractivity contribution >= 4 is 68.5 Å². The van der Waals surface area contributed by atoms with Crippen molar-refractivity contribution < 1.29 is 14.3 Å². The van der Waals surface area contributed by atoms with Gasteiger partial charge in [0.25, 0.3) is 0 Å². The molecule has 1 unspecified atom stereocenters. The normalized spacial score (nSPS) is 14.3. The first kappa shape index (κ1) is 35.4. The molecule has 1 N–H and O–H groups in total. The fourth-order valence-corrected chi connectivity index (χ4v) is 8.55. The number of benzene rings is 3. The number of carbonyl (C=O) groups is 1. The molecule has 0 fully saturated rings. The van der Waals surface area contributed by atoms with Crippen LogP contribution in [0.25, 0.3) is 37.9 Å². The van der Waals surface area contributed by atoms with E-state index in [-0.39, 0.29) is 17.2 Å². The van der Waals surface area contributed by atoms with E-state index in [0.717, 1.165) is 67.0 Å². The summed E-state index contributed by atoms with van der Waals surface area (Å²) in [6, 6.07) is 34.0. The number of anilines is 3. The standard InChI is InChI=1S/C42H37N5O4S2/c1-5-46(6-2)32-16-11-28-22-34(42(50)51-37(28)23-32)26-7-14-31(15-8-26)47-36(27-9-12-30(13-10-27)45(3)4)24-35(44-47)38-19-20-40(53-38)39-18-17-33(52-39)21-29(25-43)41(48)49/h7-23,36H,5-6,24H2,1-4H3,(H,48,49)/b29-21+. The number of rotatable bonds is 11. The molecule has 4 heterocycles. The summed E-state index contributed by atoms with van der Waals surface area (Å²) in [6.07, 6.45) is 2.09. The van der Waals surface area contributed by atoms with Gasteiger partial charge >= 0.3 is 11.6 Å². The molecule has 266 valence electrons. The Labute approximate surface area is 315 Å². The monoisotopic (exact) mass is 739 g/mol. The number of fused-ring (bicyclic) bond motifs is 1. The molecule has 9 nitrogen and oxygen atoms in total. The maximum atomic E-state index is 13.2. The summed E-state index contributed by atoms with van der Waals surface area (Å²) in [4.78, 5) is 32.6. The van der Waals surface area contributed by atoms with E-state index in [1.54, 1.807) is 17.4 Å². The van der Waals surface area contributed by atoms with Crippen LogP contribution < -0.4 is 20.4 Å². The van der Waals surface area contributed by atoms with E-state index in [2.05, 4.69) is 71.1 Å². The van der Waals surface area contributed by atoms with E-state index in [1.807, 2.05) is 68.7 Å². The van der Waals surface area contributed by atoms with E-state index in [1.165, 1.54) is 17.4 Å². The number of hydrazone groups is 1. The van der Waals surface area contributed by atoms with Crippen molar-refractivity contribution in [2.75, 3.05) is 42.0 Å². The fourth-order valence-electron chi connectivity index (χ4n) is 6.50. The molecule has 7 rings (SSSR count). The second kappa shape index (κ2) is 14.9. The molecule has 0 saturated heterocycles. The average Bonchev–Trinajstić information content (AvgIpc) is 3.94. The van der Waals surface area contributed by atoms with E-state index >= 15 is 0 Å². The lowest BCUT2D eigenvalue weighted by Crippen LogP contribution is -2.21. The van der Waals surface area contributed by atoms with Crippen LogP contribution in [0.5, 0.6) is 0 Å². The van der Waals surface area contributed by atoms with Crippen LogP contribution in [0.2, 0.25) is 0 Å². The van der Waals surface area contributed by atoms with Crippen LogP contribution in [-0.2, 0) is 4.79 Å². The van der Waals surface area contributed by atoms with Gasteiger partial charge in [-0.25, -0.2) is 9.59 Å². The number of aliphatic carboxylic acids is 1. The Morgan fingerprint density at radius 1 is 0.925 bits per heavy atom. The molecule has 1 atom stereocenters. The minimum absolute atomic E-state index is 0.0535. The quantitative estimate of drug-likeness (QED) is 0.0795. The number of carboxylic acids is 1. The number of carboxylic acid groups (broad SMARTS) is 1. The first-order valence-corrected chi connectivity index (χ1v) is 18.9. The molecule has 53 heavy (non-hydrogen) atoms. The van der Waals surface area contributed by atoms with Gasteiger partial charge in [0.15, 0.2) is 0 Å². The molecule has 11 heteroatoms. The van der Waals surface area contributed by atoms with Crippen molar-refractivity contribution in [3.05, 3.63) is 128 Å². The van der Waals surface area contributed by atoms with Crippen molar-refractivity contribution in [2.24, 2.45) is 5.10 Å². The van der Waals surface area contributed by atoms with Crippen LogP contribution in [0, 0.1) is 11.3 Å². The van der Waals surface area contributed by atoms with Crippen molar-refractivity contribution in [3.63, 3.8) is 0 Å². The van der Waals surface area contributed by atoms with Crippen molar-refractivity contribution in [1.82, 2.24) is 0 Å². The van der Waals surface area contributed by atoms with Crippen molar-refractivity contribution in [1.29, 1.82) is 5.26 Å². The summed E-state index contributed by atoms with van der Waals surface area (Å²) in [7, 11) is 4.05. The molecule has 1 aliphatic heterocycles. The first-order chi connectivity index (χ1) is 25.6. The predicted molar refractivity (Wildman–Crippen MR) is 217 cm³/mol. The SMILES string of the molecule is CCN(CC)c1ccc2cc(-c3ccc(N4N=C(c5ccc(-c6ccc(/C=C(\C#N)C(=O)O)s6)s5)CC4c4ccc(N(C)C)cc4)cc3)c(=O)oc2c1. The summed E-state index contributed by atoms with van der Waals surface area (Å²) in [6.45, 7) is 5.95. The zero-order chi connectivity index (χ0) is 37.2. The lowest BCUT2D eigenvalue weighted by Gasteiger charge is -2.25. The lowest BCUT2D eigenvalue weighted by molar-refractivity contribution is -0.132. The van der Waals surface area contributed by atoms with Crippen molar-refractivity contribution in [3.8, 4) is 27.0 Å². The number of hydrogen-bond acceptors (Lipinski definition) is 10. The van der Waals surface area contributed by atoms with Crippen LogP contribution in [0.3, 0.4) is 0 Å². The third kappa shape index (κ3) is 7.24. The van der Waals surface area contributed by atoms with Gasteiger partial charge in [0, 0.05) is 71.1 Å². The van der Waals surface area contributed by atoms with E-state index in [0.29, 0.717) is 22.4 Å². The third-order valence-electron chi connectivity index (χ3n) is 9.39. The molecular weight excluding hydrogens is 703 g/mol. The Balaban J connectivity index is 1.20. The predicted octanol–water partition coefficient (Wildman–Crippen LogP) is 9.51. The Kier molecular flexibility index (Phi) is 10.00. The summed E-state index contributed by atoms with van der Waals surface area (Å²) >= 11 is 3.07. The van der Waals surface area contributed by atoms with Gasteiger partial charge in [0.1, 0.15) is 17.2 Å². The molecule has 6 aromatic rings. The van der Waals surface area contributed by atoms with Gasteiger partial charge in [-0.1, -0.05) is 24.3 Å². The van der Waals surface area contributed by atoms with Gasteiger partial charge in [-0.15, -0.1) is 22.7 Å². The maximum absolute atomic E-state index is 13.2. The van der Waals surface area contributed by atoms with Crippen molar-refractivity contribution in [2.45, 2.75) is 26.3 Å². The molecule has 1 aliphatic rings. The Hall–Kier alpha value is -5.96. The number of thiophene rings is 2. The topological polar surface area (TPSA) is 113 Å². The maximum Gasteiger partial charge on any atom is 0.346 e. The lowest BCUT2D eigenvalue weighted by atomic mass is 10.00. The Morgan fingerprint density at radius 3 is 2.28 bits per heavy atom. The zero-order valence-electron chi connectivity index (χ0n) is 29.7.